The minimum absolute atomic E-state index is 0.552. The third-order valence-electron chi connectivity index (χ3n) is 3.47. The van der Waals surface area contributed by atoms with E-state index < -0.39 is 0 Å². The molecule has 0 atom stereocenters. The van der Waals surface area contributed by atoms with Crippen LogP contribution in [0.5, 0.6) is 0 Å². The van der Waals surface area contributed by atoms with Crippen molar-refractivity contribution in [3.63, 3.8) is 0 Å². The highest BCUT2D eigenvalue weighted by Gasteiger charge is 2.01. The summed E-state index contributed by atoms with van der Waals surface area (Å²) in [6, 6.07) is 21.4. The maximum Gasteiger partial charge on any atom is 0.230 e. The van der Waals surface area contributed by atoms with Crippen molar-refractivity contribution in [1.82, 2.24) is 15.0 Å². The third-order valence-corrected chi connectivity index (χ3v) is 3.47. The molecule has 4 aromatic rings. The van der Waals surface area contributed by atoms with Crippen LogP contribution in [-0.2, 0) is 0 Å². The van der Waals surface area contributed by atoms with Crippen LogP contribution in [0, 0.1) is 0 Å². The minimum atomic E-state index is 0.552. The summed E-state index contributed by atoms with van der Waals surface area (Å²) in [5.41, 5.74) is 13.2. The summed E-state index contributed by atoms with van der Waals surface area (Å²) in [5.74, 6) is 0.552. The molecule has 1 heterocycles. The van der Waals surface area contributed by atoms with Crippen LogP contribution in [0.1, 0.15) is 0 Å². The van der Waals surface area contributed by atoms with Crippen molar-refractivity contribution in [1.29, 1.82) is 0 Å². The van der Waals surface area contributed by atoms with Crippen LogP contribution in [0.15, 0.2) is 79.4 Å². The fourth-order valence-electron chi connectivity index (χ4n) is 2.25. The van der Waals surface area contributed by atoms with Crippen LogP contribution in [0.2, 0.25) is 0 Å². The number of aromatic nitrogens is 3. The number of nitrogens with two attached hydrogens (primary N) is 2. The molecule has 0 spiro atoms. The first-order valence-corrected chi connectivity index (χ1v) is 7.70. The Bertz CT molecular complexity index is 912. The Morgan fingerprint density at radius 1 is 0.680 bits per heavy atom. The summed E-state index contributed by atoms with van der Waals surface area (Å²) >= 11 is 0. The first kappa shape index (κ1) is 16.2. The Labute approximate surface area is 145 Å². The lowest BCUT2D eigenvalue weighted by Gasteiger charge is -2.07. The fraction of sp³-hybridized carbons (Fsp3) is 0. The maximum atomic E-state index is 5.37. The lowest BCUT2D eigenvalue weighted by atomic mass is 10.1. The smallest absolute Gasteiger partial charge is 0.230 e. The molecule has 3 aromatic carbocycles. The van der Waals surface area contributed by atoms with Crippen LogP contribution < -0.4 is 16.8 Å². The molecule has 6 heteroatoms. The zero-order valence-corrected chi connectivity index (χ0v) is 13.5. The number of hydrogen-bond donors (Lipinski definition) is 3. The van der Waals surface area contributed by atoms with Gasteiger partial charge in [-0.15, -0.1) is 0 Å². The fourth-order valence-corrected chi connectivity index (χ4v) is 2.25. The van der Waals surface area contributed by atoms with E-state index in [0.717, 1.165) is 22.4 Å². The normalized spacial score (nSPS) is 9.92. The zero-order chi connectivity index (χ0) is 17.5. The number of hydrogen-bond acceptors (Lipinski definition) is 6. The standard InChI is InChI=1S/C13H10N4.C6H8N2/c1-2-6-11-10(4-1)5-3-7-12(11)17-13-15-8-14-9-16-13;7-5-1-2-6(8)4-3-5/h1-9H,(H,14,15,16,17);1-4H,7-8H2. The molecule has 25 heavy (non-hydrogen) atoms. The second-order valence-corrected chi connectivity index (χ2v) is 5.28. The first-order valence-electron chi connectivity index (χ1n) is 7.70. The summed E-state index contributed by atoms with van der Waals surface area (Å²) in [6.07, 6.45) is 2.95. The van der Waals surface area contributed by atoms with Gasteiger partial charge >= 0.3 is 0 Å². The van der Waals surface area contributed by atoms with E-state index in [4.69, 9.17) is 11.5 Å². The Balaban J connectivity index is 0.000000192. The molecule has 1 aromatic heterocycles. The molecule has 0 aliphatic rings. The molecule has 0 fully saturated rings. The Hall–Kier alpha value is -3.67. The van der Waals surface area contributed by atoms with Crippen molar-refractivity contribution in [3.05, 3.63) is 79.4 Å². The highest BCUT2D eigenvalue weighted by Crippen LogP contribution is 2.24. The monoisotopic (exact) mass is 330 g/mol. The summed E-state index contributed by atoms with van der Waals surface area (Å²) in [4.78, 5) is 11.9. The number of benzene rings is 3. The van der Waals surface area contributed by atoms with Gasteiger partial charge in [0.2, 0.25) is 5.95 Å². The second-order valence-electron chi connectivity index (χ2n) is 5.28. The number of nitrogens with zero attached hydrogens (tertiary/aromatic N) is 3. The predicted molar refractivity (Wildman–Crippen MR) is 102 cm³/mol. The Kier molecular flexibility index (Phi) is 5.01. The lowest BCUT2D eigenvalue weighted by molar-refractivity contribution is 1.05. The van der Waals surface area contributed by atoms with E-state index in [1.165, 1.54) is 18.0 Å². The number of nitrogen functional groups attached to an aromatic ring is 2. The van der Waals surface area contributed by atoms with Crippen LogP contribution in [0.25, 0.3) is 10.8 Å². The number of nitrogens with one attached hydrogen (secondary N) is 1. The molecular formula is C19H18N6. The van der Waals surface area contributed by atoms with E-state index in [9.17, 15) is 0 Å². The Morgan fingerprint density at radius 3 is 1.96 bits per heavy atom. The van der Waals surface area contributed by atoms with E-state index in [2.05, 4.69) is 38.5 Å². The van der Waals surface area contributed by atoms with Crippen LogP contribution in [0.3, 0.4) is 0 Å². The van der Waals surface area contributed by atoms with E-state index in [1.807, 2.05) is 24.3 Å². The SMILES string of the molecule is Nc1ccc(N)cc1.c1ccc2c(Nc3ncncn3)cccc2c1. The van der Waals surface area contributed by atoms with Crippen molar-refractivity contribution in [2.24, 2.45) is 0 Å². The van der Waals surface area contributed by atoms with Gasteiger partial charge in [-0.2, -0.15) is 0 Å². The highest BCUT2D eigenvalue weighted by atomic mass is 15.1. The van der Waals surface area contributed by atoms with E-state index in [-0.39, 0.29) is 0 Å². The molecule has 6 nitrogen and oxygen atoms in total. The van der Waals surface area contributed by atoms with Gasteiger partial charge in [-0.1, -0.05) is 36.4 Å². The van der Waals surface area contributed by atoms with Gasteiger partial charge in [0, 0.05) is 22.4 Å². The van der Waals surface area contributed by atoms with Gasteiger partial charge in [-0.25, -0.2) is 15.0 Å². The Morgan fingerprint density at radius 2 is 1.28 bits per heavy atom. The van der Waals surface area contributed by atoms with Gasteiger partial charge in [0.1, 0.15) is 12.7 Å². The molecule has 0 saturated heterocycles. The largest absolute Gasteiger partial charge is 0.399 e. The molecule has 0 amide bonds. The van der Waals surface area contributed by atoms with Crippen LogP contribution >= 0.6 is 0 Å². The average molecular weight is 330 g/mol. The van der Waals surface area contributed by atoms with Crippen LogP contribution in [0.4, 0.5) is 23.0 Å². The maximum absolute atomic E-state index is 5.37. The predicted octanol–water partition coefficient (Wildman–Crippen LogP) is 3.62. The van der Waals surface area contributed by atoms with Crippen LogP contribution in [-0.4, -0.2) is 15.0 Å². The lowest BCUT2D eigenvalue weighted by Crippen LogP contribution is -1.97. The topological polar surface area (TPSA) is 103 Å². The van der Waals surface area contributed by atoms with E-state index in [1.54, 1.807) is 24.3 Å². The van der Waals surface area contributed by atoms with E-state index >= 15 is 0 Å². The van der Waals surface area contributed by atoms with Gasteiger partial charge in [0.15, 0.2) is 0 Å². The number of fused-ring (bicyclic) bond motifs is 1. The summed E-state index contributed by atoms with van der Waals surface area (Å²) in [7, 11) is 0. The van der Waals surface area contributed by atoms with Crippen molar-refractivity contribution in [3.8, 4) is 0 Å². The molecule has 0 bridgehead atoms. The quantitative estimate of drug-likeness (QED) is 0.485. The summed E-state index contributed by atoms with van der Waals surface area (Å²) < 4.78 is 0. The van der Waals surface area contributed by atoms with Gasteiger partial charge in [0.25, 0.3) is 0 Å². The second kappa shape index (κ2) is 7.74. The van der Waals surface area contributed by atoms with Crippen molar-refractivity contribution in [2.45, 2.75) is 0 Å². The van der Waals surface area contributed by atoms with Gasteiger partial charge < -0.3 is 16.8 Å². The molecule has 0 unspecified atom stereocenters. The minimum Gasteiger partial charge on any atom is -0.399 e. The van der Waals surface area contributed by atoms with Gasteiger partial charge in [0.05, 0.1) is 0 Å². The zero-order valence-electron chi connectivity index (χ0n) is 13.5. The van der Waals surface area contributed by atoms with E-state index in [0.29, 0.717) is 5.95 Å². The third kappa shape index (κ3) is 4.42. The molecule has 124 valence electrons. The highest BCUT2D eigenvalue weighted by molar-refractivity contribution is 5.94. The molecule has 4 rings (SSSR count). The van der Waals surface area contributed by atoms with Gasteiger partial charge in [-0.3, -0.25) is 0 Å². The molecule has 5 N–H and O–H groups in total. The number of rotatable bonds is 2. The van der Waals surface area contributed by atoms with Gasteiger partial charge in [-0.05, 0) is 35.7 Å². The molecular weight excluding hydrogens is 312 g/mol. The van der Waals surface area contributed by atoms with Crippen molar-refractivity contribution < 1.29 is 0 Å². The average Bonchev–Trinajstić information content (AvgIpc) is 2.66. The molecule has 0 aliphatic heterocycles. The summed E-state index contributed by atoms with van der Waals surface area (Å²) in [6.45, 7) is 0. The number of anilines is 4. The molecule has 0 saturated carbocycles. The first-order chi connectivity index (χ1) is 12.2. The molecule has 0 radical (unpaired) electrons. The van der Waals surface area contributed by atoms with Crippen molar-refractivity contribution in [2.75, 3.05) is 16.8 Å². The van der Waals surface area contributed by atoms with Crippen molar-refractivity contribution >= 4 is 33.8 Å². The summed E-state index contributed by atoms with van der Waals surface area (Å²) in [5, 5.41) is 5.52. The molecule has 0 aliphatic carbocycles.